The van der Waals surface area contributed by atoms with Crippen molar-refractivity contribution in [1.82, 2.24) is 9.97 Å². The van der Waals surface area contributed by atoms with Crippen LogP contribution in [-0.2, 0) is 13.2 Å². The van der Waals surface area contributed by atoms with E-state index >= 15 is 0 Å². The Bertz CT molecular complexity index is 909. The van der Waals surface area contributed by atoms with Gasteiger partial charge in [0.05, 0.1) is 19.3 Å². The highest BCUT2D eigenvalue weighted by atomic mass is 35.5. The number of carbonyl (C=O) groups is 1. The molecule has 28 heavy (non-hydrogen) atoms. The van der Waals surface area contributed by atoms with E-state index in [1.54, 1.807) is 12.1 Å². The summed E-state index contributed by atoms with van der Waals surface area (Å²) in [5.74, 6) is 0.551. The number of piperidine rings is 1. The highest BCUT2D eigenvalue weighted by Gasteiger charge is 2.53. The first-order chi connectivity index (χ1) is 13.5. The van der Waals surface area contributed by atoms with Gasteiger partial charge in [0.25, 0.3) is 0 Å². The van der Waals surface area contributed by atoms with Gasteiger partial charge in [0.2, 0.25) is 5.95 Å². The second-order valence-corrected chi connectivity index (χ2v) is 7.64. The molecule has 2 aliphatic rings. The van der Waals surface area contributed by atoms with E-state index in [1.165, 1.54) is 6.20 Å². The maximum Gasteiger partial charge on any atom is 0.341 e. The Labute approximate surface area is 166 Å². The third-order valence-electron chi connectivity index (χ3n) is 5.50. The molecule has 0 radical (unpaired) electrons. The molecule has 1 saturated carbocycles. The number of halogens is 1. The first-order valence-electron chi connectivity index (χ1n) is 9.11. The fourth-order valence-electron chi connectivity index (χ4n) is 3.85. The third kappa shape index (κ3) is 3.50. The van der Waals surface area contributed by atoms with Crippen LogP contribution in [-0.4, -0.2) is 50.5 Å². The maximum absolute atomic E-state index is 11.6. The molecule has 2 heterocycles. The van der Waals surface area contributed by atoms with Crippen molar-refractivity contribution in [2.24, 2.45) is 11.8 Å². The number of aromatic carboxylic acids is 1. The van der Waals surface area contributed by atoms with E-state index in [1.807, 2.05) is 11.0 Å². The average molecular weight is 405 g/mol. The van der Waals surface area contributed by atoms with Crippen LogP contribution in [0.15, 0.2) is 24.4 Å². The number of carboxylic acids is 1. The highest BCUT2D eigenvalue weighted by molar-refractivity contribution is 6.31. The SMILES string of the molecule is O=C(O)c1cnc(N2CC3CC3C2CO)nc1NCc1ccc(CO)c(Cl)c1. The molecular weight excluding hydrogens is 384 g/mol. The summed E-state index contributed by atoms with van der Waals surface area (Å²) >= 11 is 6.12. The number of rotatable bonds is 7. The molecule has 0 amide bonds. The Hall–Kier alpha value is -2.42. The summed E-state index contributed by atoms with van der Waals surface area (Å²) in [6.45, 7) is 0.981. The number of benzene rings is 1. The zero-order chi connectivity index (χ0) is 19.8. The average Bonchev–Trinajstić information content (AvgIpc) is 3.36. The second-order valence-electron chi connectivity index (χ2n) is 7.24. The van der Waals surface area contributed by atoms with Crippen molar-refractivity contribution in [3.63, 3.8) is 0 Å². The molecular formula is C19H21ClN4O4. The van der Waals surface area contributed by atoms with Gasteiger partial charge in [0.1, 0.15) is 11.4 Å². The molecule has 4 rings (SSSR count). The lowest BCUT2D eigenvalue weighted by atomic mass is 10.1. The predicted octanol–water partition coefficient (Wildman–Crippen LogP) is 1.75. The van der Waals surface area contributed by atoms with E-state index in [4.69, 9.17) is 11.6 Å². The number of fused-ring (bicyclic) bond motifs is 1. The topological polar surface area (TPSA) is 119 Å². The van der Waals surface area contributed by atoms with Gasteiger partial charge in [-0.05, 0) is 35.4 Å². The first kappa shape index (κ1) is 18.9. The van der Waals surface area contributed by atoms with Crippen LogP contribution in [0.3, 0.4) is 0 Å². The molecule has 2 aromatic rings. The fraction of sp³-hybridized carbons (Fsp3) is 0.421. The van der Waals surface area contributed by atoms with Crippen molar-refractivity contribution in [2.75, 3.05) is 23.4 Å². The van der Waals surface area contributed by atoms with Crippen molar-refractivity contribution < 1.29 is 20.1 Å². The quantitative estimate of drug-likeness (QED) is 0.551. The second kappa shape index (κ2) is 7.54. The molecule has 1 saturated heterocycles. The van der Waals surface area contributed by atoms with Crippen LogP contribution in [0.25, 0.3) is 0 Å². The Balaban J connectivity index is 1.56. The molecule has 0 bridgehead atoms. The molecule has 3 atom stereocenters. The molecule has 1 aliphatic heterocycles. The van der Waals surface area contributed by atoms with Gasteiger partial charge in [-0.25, -0.2) is 9.78 Å². The summed E-state index contributed by atoms with van der Waals surface area (Å²) in [4.78, 5) is 22.2. The van der Waals surface area contributed by atoms with Crippen molar-refractivity contribution in [3.8, 4) is 0 Å². The standard InChI is InChI=1S/C19H21ClN4O4/c20-15-3-10(1-2-11(15)8-25)5-21-17-14(18(27)28)6-22-19(23-17)24-7-12-4-13(12)16(24)9-26/h1-3,6,12-13,16,25-26H,4-5,7-9H2,(H,27,28)(H,21,22,23). The lowest BCUT2D eigenvalue weighted by Crippen LogP contribution is -2.37. The number of hydrogen-bond acceptors (Lipinski definition) is 7. The Morgan fingerprint density at radius 2 is 2.18 bits per heavy atom. The molecule has 1 aromatic heterocycles. The highest BCUT2D eigenvalue weighted by Crippen LogP contribution is 2.50. The first-order valence-corrected chi connectivity index (χ1v) is 9.49. The number of aliphatic hydroxyl groups is 2. The third-order valence-corrected chi connectivity index (χ3v) is 5.85. The number of carboxylic acid groups (broad SMARTS) is 1. The largest absolute Gasteiger partial charge is 0.477 e. The van der Waals surface area contributed by atoms with Gasteiger partial charge in [-0.3, -0.25) is 0 Å². The van der Waals surface area contributed by atoms with Gasteiger partial charge >= 0.3 is 5.97 Å². The van der Waals surface area contributed by atoms with Crippen molar-refractivity contribution in [2.45, 2.75) is 25.6 Å². The van der Waals surface area contributed by atoms with E-state index in [0.717, 1.165) is 18.5 Å². The molecule has 0 spiro atoms. The number of anilines is 2. The van der Waals surface area contributed by atoms with E-state index in [2.05, 4.69) is 15.3 Å². The molecule has 4 N–H and O–H groups in total. The molecule has 148 valence electrons. The van der Waals surface area contributed by atoms with Crippen molar-refractivity contribution in [1.29, 1.82) is 0 Å². The van der Waals surface area contributed by atoms with Crippen LogP contribution in [0.2, 0.25) is 5.02 Å². The normalized spacial score (nSPS) is 22.8. The van der Waals surface area contributed by atoms with Crippen molar-refractivity contribution >= 4 is 29.3 Å². The Morgan fingerprint density at radius 3 is 2.86 bits per heavy atom. The van der Waals surface area contributed by atoms with Gasteiger partial charge in [-0.15, -0.1) is 0 Å². The summed E-state index contributed by atoms with van der Waals surface area (Å²) < 4.78 is 0. The number of aromatic nitrogens is 2. The zero-order valence-corrected chi connectivity index (χ0v) is 15.8. The van der Waals surface area contributed by atoms with E-state index in [9.17, 15) is 20.1 Å². The van der Waals surface area contributed by atoms with E-state index in [-0.39, 0.29) is 30.6 Å². The Kier molecular flexibility index (Phi) is 5.09. The molecule has 9 heteroatoms. The number of nitrogens with zero attached hydrogens (tertiary/aromatic N) is 3. The molecule has 3 unspecified atom stereocenters. The fourth-order valence-corrected chi connectivity index (χ4v) is 4.12. The minimum Gasteiger partial charge on any atom is -0.477 e. The summed E-state index contributed by atoms with van der Waals surface area (Å²) in [5, 5.41) is 31.9. The van der Waals surface area contributed by atoms with Gasteiger partial charge < -0.3 is 25.5 Å². The van der Waals surface area contributed by atoms with Crippen molar-refractivity contribution in [3.05, 3.63) is 46.1 Å². The Morgan fingerprint density at radius 1 is 1.36 bits per heavy atom. The molecule has 8 nitrogen and oxygen atoms in total. The van der Waals surface area contributed by atoms with Gasteiger partial charge in [-0.2, -0.15) is 4.98 Å². The van der Waals surface area contributed by atoms with Crippen LogP contribution in [0.4, 0.5) is 11.8 Å². The lowest BCUT2D eigenvalue weighted by molar-refractivity contribution is 0.0697. The smallest absolute Gasteiger partial charge is 0.341 e. The molecule has 1 aromatic carbocycles. The van der Waals surface area contributed by atoms with Crippen LogP contribution in [0.1, 0.15) is 27.9 Å². The number of aliphatic hydroxyl groups excluding tert-OH is 2. The van der Waals surface area contributed by atoms with Gasteiger partial charge in [-0.1, -0.05) is 23.7 Å². The maximum atomic E-state index is 11.6. The minimum absolute atomic E-state index is 0.0154. The summed E-state index contributed by atoms with van der Waals surface area (Å²) in [6, 6.07) is 5.24. The van der Waals surface area contributed by atoms with Crippen LogP contribution < -0.4 is 10.2 Å². The van der Waals surface area contributed by atoms with E-state index in [0.29, 0.717) is 34.9 Å². The summed E-state index contributed by atoms with van der Waals surface area (Å²) in [7, 11) is 0. The lowest BCUT2D eigenvalue weighted by Gasteiger charge is -2.26. The predicted molar refractivity (Wildman–Crippen MR) is 104 cm³/mol. The van der Waals surface area contributed by atoms with Crippen LogP contribution in [0.5, 0.6) is 0 Å². The number of hydrogen-bond donors (Lipinski definition) is 4. The summed E-state index contributed by atoms with van der Waals surface area (Å²) in [5.41, 5.74) is 1.43. The van der Waals surface area contributed by atoms with E-state index < -0.39 is 5.97 Å². The number of nitrogens with one attached hydrogen (secondary N) is 1. The molecule has 2 fully saturated rings. The minimum atomic E-state index is -1.12. The zero-order valence-electron chi connectivity index (χ0n) is 15.0. The van der Waals surface area contributed by atoms with Gasteiger partial charge in [0, 0.05) is 24.3 Å². The van der Waals surface area contributed by atoms with Crippen LogP contribution in [0, 0.1) is 11.8 Å². The van der Waals surface area contributed by atoms with Gasteiger partial charge in [0.15, 0.2) is 0 Å². The molecule has 1 aliphatic carbocycles. The monoisotopic (exact) mass is 404 g/mol. The summed E-state index contributed by atoms with van der Waals surface area (Å²) in [6.07, 6.45) is 2.41. The van der Waals surface area contributed by atoms with Crippen LogP contribution >= 0.6 is 11.6 Å².